The zero-order chi connectivity index (χ0) is 17.0. The maximum absolute atomic E-state index is 12.9. The molecule has 0 saturated heterocycles. The number of halogens is 1. The summed E-state index contributed by atoms with van der Waals surface area (Å²) in [5.74, 6) is -0.877. The van der Waals surface area contributed by atoms with Crippen LogP contribution < -0.4 is 5.32 Å². The molecule has 1 heterocycles. The lowest BCUT2D eigenvalue weighted by molar-refractivity contribution is -0.121. The quantitative estimate of drug-likeness (QED) is 0.807. The normalized spacial score (nSPS) is 12.8. The van der Waals surface area contributed by atoms with E-state index in [1.165, 1.54) is 19.1 Å². The summed E-state index contributed by atoms with van der Waals surface area (Å²) in [7, 11) is -1.91. The number of hydrogen-bond donors (Lipinski definition) is 1. The first-order chi connectivity index (χ1) is 10.8. The average Bonchev–Trinajstić information content (AvgIpc) is 2.91. The largest absolute Gasteiger partial charge is 0.352 e. The second-order valence-corrected chi connectivity index (χ2v) is 7.68. The van der Waals surface area contributed by atoms with Crippen molar-refractivity contribution in [1.29, 1.82) is 0 Å². The van der Waals surface area contributed by atoms with Crippen LogP contribution in [0.25, 0.3) is 0 Å². The van der Waals surface area contributed by atoms with Gasteiger partial charge in [0.05, 0.1) is 16.3 Å². The fourth-order valence-corrected chi connectivity index (χ4v) is 3.41. The zero-order valence-corrected chi connectivity index (χ0v) is 13.7. The van der Waals surface area contributed by atoms with Crippen LogP contribution in [0.15, 0.2) is 41.6 Å². The van der Waals surface area contributed by atoms with Gasteiger partial charge in [-0.05, 0) is 31.2 Å². The van der Waals surface area contributed by atoms with Crippen molar-refractivity contribution in [2.24, 2.45) is 7.05 Å². The van der Waals surface area contributed by atoms with Gasteiger partial charge in [-0.1, -0.05) is 0 Å². The Morgan fingerprint density at radius 1 is 1.35 bits per heavy atom. The van der Waals surface area contributed by atoms with E-state index in [-0.39, 0.29) is 23.8 Å². The molecular weight excluding hydrogens is 321 g/mol. The van der Waals surface area contributed by atoms with Gasteiger partial charge in [0.1, 0.15) is 5.82 Å². The SMILES string of the molecule is CC(CC(=O)NCc1cnn(C)c1)S(=O)(=O)c1ccc(F)cc1. The van der Waals surface area contributed by atoms with Crippen LogP contribution in [-0.2, 0) is 28.2 Å². The van der Waals surface area contributed by atoms with Crippen molar-refractivity contribution < 1.29 is 17.6 Å². The molecule has 1 aromatic heterocycles. The highest BCUT2D eigenvalue weighted by Crippen LogP contribution is 2.18. The molecule has 8 heteroatoms. The van der Waals surface area contributed by atoms with E-state index in [1.807, 2.05) is 0 Å². The molecule has 6 nitrogen and oxygen atoms in total. The van der Waals surface area contributed by atoms with Crippen molar-refractivity contribution in [1.82, 2.24) is 15.1 Å². The molecule has 23 heavy (non-hydrogen) atoms. The van der Waals surface area contributed by atoms with Crippen LogP contribution in [-0.4, -0.2) is 29.4 Å². The summed E-state index contributed by atoms with van der Waals surface area (Å²) >= 11 is 0. The monoisotopic (exact) mass is 339 g/mol. The number of sulfone groups is 1. The standard InChI is InChI=1S/C15H18FN3O3S/c1-11(23(21,22)14-5-3-13(16)4-6-14)7-15(20)17-8-12-9-18-19(2)10-12/h3-6,9-11H,7-8H2,1-2H3,(H,17,20). The van der Waals surface area contributed by atoms with Gasteiger partial charge in [0.2, 0.25) is 5.91 Å². The molecule has 0 bridgehead atoms. The molecule has 0 spiro atoms. The Labute approximate surface area is 134 Å². The fraction of sp³-hybridized carbons (Fsp3) is 0.333. The number of rotatable bonds is 6. The fourth-order valence-electron chi connectivity index (χ4n) is 2.06. The van der Waals surface area contributed by atoms with Crippen LogP contribution in [0, 0.1) is 5.82 Å². The Morgan fingerprint density at radius 2 is 2.00 bits per heavy atom. The molecule has 0 aliphatic carbocycles. The Kier molecular flexibility index (Phi) is 5.15. The first-order valence-corrected chi connectivity index (χ1v) is 8.57. The first-order valence-electron chi connectivity index (χ1n) is 7.02. The lowest BCUT2D eigenvalue weighted by Gasteiger charge is -2.13. The Hall–Kier alpha value is -2.22. The summed E-state index contributed by atoms with van der Waals surface area (Å²) in [4.78, 5) is 11.9. The van der Waals surface area contributed by atoms with Gasteiger partial charge in [-0.15, -0.1) is 0 Å². The molecular formula is C15H18FN3O3S. The smallest absolute Gasteiger partial charge is 0.221 e. The van der Waals surface area contributed by atoms with Gasteiger partial charge in [-0.25, -0.2) is 12.8 Å². The number of nitrogens with zero attached hydrogens (tertiary/aromatic N) is 2. The van der Waals surface area contributed by atoms with Gasteiger partial charge in [0, 0.05) is 31.8 Å². The Bertz CT molecular complexity index is 785. The third-order valence-electron chi connectivity index (χ3n) is 3.39. The summed E-state index contributed by atoms with van der Waals surface area (Å²) in [5, 5.41) is 5.74. The summed E-state index contributed by atoms with van der Waals surface area (Å²) < 4.78 is 39.2. The lowest BCUT2D eigenvalue weighted by Crippen LogP contribution is -2.29. The van der Waals surface area contributed by atoms with Crippen molar-refractivity contribution in [3.8, 4) is 0 Å². The number of benzene rings is 1. The van der Waals surface area contributed by atoms with E-state index >= 15 is 0 Å². The van der Waals surface area contributed by atoms with Crippen LogP contribution in [0.3, 0.4) is 0 Å². The highest BCUT2D eigenvalue weighted by Gasteiger charge is 2.25. The van der Waals surface area contributed by atoms with E-state index < -0.39 is 20.9 Å². The van der Waals surface area contributed by atoms with E-state index in [9.17, 15) is 17.6 Å². The molecule has 1 amide bonds. The van der Waals surface area contributed by atoms with E-state index in [1.54, 1.807) is 24.1 Å². The van der Waals surface area contributed by atoms with Gasteiger partial charge in [-0.3, -0.25) is 9.48 Å². The van der Waals surface area contributed by atoms with Crippen molar-refractivity contribution in [3.05, 3.63) is 48.0 Å². The average molecular weight is 339 g/mol. The summed E-state index contributed by atoms with van der Waals surface area (Å²) in [6, 6.07) is 4.58. The van der Waals surface area contributed by atoms with E-state index in [0.717, 1.165) is 17.7 Å². The maximum atomic E-state index is 12.9. The minimum Gasteiger partial charge on any atom is -0.352 e. The highest BCUT2D eigenvalue weighted by molar-refractivity contribution is 7.92. The predicted molar refractivity (Wildman–Crippen MR) is 82.7 cm³/mol. The molecule has 2 aromatic rings. The Morgan fingerprint density at radius 3 is 2.57 bits per heavy atom. The number of aryl methyl sites for hydroxylation is 1. The van der Waals surface area contributed by atoms with Crippen molar-refractivity contribution in [2.45, 2.75) is 30.0 Å². The number of amides is 1. The molecule has 0 radical (unpaired) electrons. The molecule has 0 saturated carbocycles. The Balaban J connectivity index is 1.95. The number of aromatic nitrogens is 2. The minimum atomic E-state index is -3.67. The molecule has 1 N–H and O–H groups in total. The van der Waals surface area contributed by atoms with Gasteiger partial charge in [-0.2, -0.15) is 5.10 Å². The first kappa shape index (κ1) is 17.1. The van der Waals surface area contributed by atoms with Crippen LogP contribution in [0.1, 0.15) is 18.9 Å². The minimum absolute atomic E-state index is 0.00598. The van der Waals surface area contributed by atoms with Gasteiger partial charge >= 0.3 is 0 Å². The summed E-state index contributed by atoms with van der Waals surface area (Å²) in [6.45, 7) is 1.75. The van der Waals surface area contributed by atoms with E-state index in [0.29, 0.717) is 0 Å². The number of nitrogens with one attached hydrogen (secondary N) is 1. The number of hydrogen-bond acceptors (Lipinski definition) is 4. The molecule has 0 aliphatic rings. The molecule has 124 valence electrons. The van der Waals surface area contributed by atoms with Crippen molar-refractivity contribution >= 4 is 15.7 Å². The molecule has 2 rings (SSSR count). The highest BCUT2D eigenvalue weighted by atomic mass is 32.2. The third-order valence-corrected chi connectivity index (χ3v) is 5.55. The van der Waals surface area contributed by atoms with Crippen LogP contribution in [0.2, 0.25) is 0 Å². The lowest BCUT2D eigenvalue weighted by atomic mass is 10.3. The molecule has 0 fully saturated rings. The molecule has 1 atom stereocenters. The molecule has 1 aromatic carbocycles. The summed E-state index contributed by atoms with van der Waals surface area (Å²) in [6.07, 6.45) is 3.22. The molecule has 0 aliphatic heterocycles. The van der Waals surface area contributed by atoms with Gasteiger partial charge in [0.25, 0.3) is 0 Å². The summed E-state index contributed by atoms with van der Waals surface area (Å²) in [5.41, 5.74) is 0.829. The molecule has 1 unspecified atom stereocenters. The zero-order valence-electron chi connectivity index (χ0n) is 12.9. The van der Waals surface area contributed by atoms with Crippen LogP contribution in [0.5, 0.6) is 0 Å². The van der Waals surface area contributed by atoms with Gasteiger partial charge < -0.3 is 5.32 Å². The number of carbonyl (C=O) groups is 1. The maximum Gasteiger partial charge on any atom is 0.221 e. The second kappa shape index (κ2) is 6.91. The predicted octanol–water partition coefficient (Wildman–Crippen LogP) is 1.43. The van der Waals surface area contributed by atoms with Crippen LogP contribution >= 0.6 is 0 Å². The van der Waals surface area contributed by atoms with E-state index in [4.69, 9.17) is 0 Å². The van der Waals surface area contributed by atoms with Crippen molar-refractivity contribution in [2.75, 3.05) is 0 Å². The van der Waals surface area contributed by atoms with Gasteiger partial charge in [0.15, 0.2) is 9.84 Å². The van der Waals surface area contributed by atoms with Crippen molar-refractivity contribution in [3.63, 3.8) is 0 Å². The third kappa shape index (κ3) is 4.38. The topological polar surface area (TPSA) is 81.1 Å². The second-order valence-electron chi connectivity index (χ2n) is 5.31. The van der Waals surface area contributed by atoms with E-state index in [2.05, 4.69) is 10.4 Å². The van der Waals surface area contributed by atoms with Crippen LogP contribution in [0.4, 0.5) is 4.39 Å². The number of carbonyl (C=O) groups excluding carboxylic acids is 1.